The molecule has 0 saturated carbocycles. The fraction of sp³-hybridized carbons (Fsp3) is 0.579. The SMILES string of the molecule is C[C@@H]1CCc2c(sc3nc(SCC(=O)N4CCCC[C@@H]4C(N)=O)[nH]c(=O)c23)C1. The molecule has 0 bridgehead atoms. The Hall–Kier alpha value is -1.87. The van der Waals surface area contributed by atoms with Crippen LogP contribution in [0, 0.1) is 5.92 Å². The van der Waals surface area contributed by atoms with Gasteiger partial charge in [0.05, 0.1) is 11.1 Å². The number of nitrogens with two attached hydrogens (primary N) is 1. The van der Waals surface area contributed by atoms with E-state index in [0.29, 0.717) is 29.4 Å². The van der Waals surface area contributed by atoms with Crippen LogP contribution in [0.1, 0.15) is 43.0 Å². The number of piperidine rings is 1. The molecule has 150 valence electrons. The van der Waals surface area contributed by atoms with Gasteiger partial charge in [-0.1, -0.05) is 18.7 Å². The molecule has 1 fully saturated rings. The molecule has 0 unspecified atom stereocenters. The third-order valence-electron chi connectivity index (χ3n) is 5.63. The van der Waals surface area contributed by atoms with Crippen LogP contribution in [-0.4, -0.2) is 45.0 Å². The maximum Gasteiger partial charge on any atom is 0.260 e. The van der Waals surface area contributed by atoms with Crippen LogP contribution in [0.15, 0.2) is 9.95 Å². The number of H-pyrrole nitrogens is 1. The molecule has 3 N–H and O–H groups in total. The van der Waals surface area contributed by atoms with Gasteiger partial charge in [-0.25, -0.2) is 4.98 Å². The zero-order chi connectivity index (χ0) is 19.8. The molecule has 0 radical (unpaired) electrons. The first-order chi connectivity index (χ1) is 13.4. The van der Waals surface area contributed by atoms with Crippen LogP contribution in [-0.2, 0) is 22.4 Å². The van der Waals surface area contributed by atoms with E-state index in [1.807, 2.05) is 0 Å². The molecule has 2 aromatic rings. The minimum Gasteiger partial charge on any atom is -0.368 e. The number of thioether (sulfide) groups is 1. The van der Waals surface area contributed by atoms with Crippen molar-refractivity contribution in [3.63, 3.8) is 0 Å². The average molecular weight is 421 g/mol. The van der Waals surface area contributed by atoms with Crippen LogP contribution in [0.3, 0.4) is 0 Å². The Bertz CT molecular complexity index is 983. The molecule has 0 aromatic carbocycles. The van der Waals surface area contributed by atoms with Crippen LogP contribution in [0.4, 0.5) is 0 Å². The molecule has 9 heteroatoms. The van der Waals surface area contributed by atoms with Crippen molar-refractivity contribution in [2.75, 3.05) is 12.3 Å². The van der Waals surface area contributed by atoms with E-state index in [1.165, 1.54) is 16.6 Å². The third-order valence-corrected chi connectivity index (χ3v) is 7.63. The number of rotatable bonds is 4. The van der Waals surface area contributed by atoms with E-state index >= 15 is 0 Å². The number of aromatic nitrogens is 2. The number of aryl methyl sites for hydroxylation is 1. The number of aromatic amines is 1. The van der Waals surface area contributed by atoms with Crippen molar-refractivity contribution in [2.45, 2.75) is 56.6 Å². The normalized spacial score (nSPS) is 22.2. The smallest absolute Gasteiger partial charge is 0.260 e. The van der Waals surface area contributed by atoms with E-state index in [1.54, 1.807) is 16.2 Å². The molecule has 4 rings (SSSR count). The van der Waals surface area contributed by atoms with Crippen LogP contribution in [0.2, 0.25) is 0 Å². The number of likely N-dealkylation sites (tertiary alicyclic amines) is 1. The van der Waals surface area contributed by atoms with Crippen LogP contribution >= 0.6 is 23.1 Å². The number of hydrogen-bond donors (Lipinski definition) is 2. The standard InChI is InChI=1S/C19H24N4O3S2/c1-10-5-6-11-13(8-10)28-18-15(11)17(26)21-19(22-18)27-9-14(24)23-7-3-2-4-12(23)16(20)25/h10,12H,2-9H2,1H3,(H2,20,25)(H,21,22,26)/t10-,12-/m1/s1. The molecule has 2 atom stereocenters. The Labute approximate surface area is 171 Å². The zero-order valence-corrected chi connectivity index (χ0v) is 17.5. The summed E-state index contributed by atoms with van der Waals surface area (Å²) in [6.45, 7) is 2.78. The highest BCUT2D eigenvalue weighted by Crippen LogP contribution is 2.36. The average Bonchev–Trinajstić information content (AvgIpc) is 3.03. The summed E-state index contributed by atoms with van der Waals surface area (Å²) in [5, 5.41) is 1.16. The number of nitrogens with zero attached hydrogens (tertiary/aromatic N) is 2. The lowest BCUT2D eigenvalue weighted by atomic mass is 9.89. The van der Waals surface area contributed by atoms with E-state index in [9.17, 15) is 14.4 Å². The minimum absolute atomic E-state index is 0.125. The highest BCUT2D eigenvalue weighted by molar-refractivity contribution is 7.99. The highest BCUT2D eigenvalue weighted by Gasteiger charge is 2.30. The lowest BCUT2D eigenvalue weighted by molar-refractivity contribution is -0.138. The molecule has 2 aliphatic rings. The highest BCUT2D eigenvalue weighted by atomic mass is 32.2. The molecular weight excluding hydrogens is 396 g/mol. The molecule has 0 spiro atoms. The molecule has 7 nitrogen and oxygen atoms in total. The topological polar surface area (TPSA) is 109 Å². The molecule has 2 amide bonds. The summed E-state index contributed by atoms with van der Waals surface area (Å²) in [7, 11) is 0. The number of hydrogen-bond acceptors (Lipinski definition) is 6. The maximum absolute atomic E-state index is 12.6. The third kappa shape index (κ3) is 3.69. The van der Waals surface area contributed by atoms with Gasteiger partial charge in [0.25, 0.3) is 5.56 Å². The monoisotopic (exact) mass is 420 g/mol. The van der Waals surface area contributed by atoms with Crippen molar-refractivity contribution in [1.29, 1.82) is 0 Å². The molecule has 3 heterocycles. The Morgan fingerprint density at radius 1 is 1.36 bits per heavy atom. The first kappa shape index (κ1) is 19.4. The van der Waals surface area contributed by atoms with Crippen molar-refractivity contribution < 1.29 is 9.59 Å². The van der Waals surface area contributed by atoms with Crippen molar-refractivity contribution in [3.8, 4) is 0 Å². The summed E-state index contributed by atoms with van der Waals surface area (Å²) < 4.78 is 0. The van der Waals surface area contributed by atoms with Gasteiger partial charge in [-0.05, 0) is 50.0 Å². The zero-order valence-electron chi connectivity index (χ0n) is 15.8. The van der Waals surface area contributed by atoms with Gasteiger partial charge in [-0.2, -0.15) is 0 Å². The summed E-state index contributed by atoms with van der Waals surface area (Å²) in [6, 6.07) is -0.526. The fourth-order valence-electron chi connectivity index (χ4n) is 4.14. The summed E-state index contributed by atoms with van der Waals surface area (Å²) in [5.74, 6) is 0.161. The number of nitrogens with one attached hydrogen (secondary N) is 1. The number of carbonyl (C=O) groups excluding carboxylic acids is 2. The number of carbonyl (C=O) groups is 2. The van der Waals surface area contributed by atoms with Crippen molar-refractivity contribution in [1.82, 2.24) is 14.9 Å². The number of amides is 2. The summed E-state index contributed by atoms with van der Waals surface area (Å²) in [6.07, 6.45) is 5.42. The summed E-state index contributed by atoms with van der Waals surface area (Å²) >= 11 is 2.81. The number of primary amides is 1. The lowest BCUT2D eigenvalue weighted by Gasteiger charge is -2.33. The Kier molecular flexibility index (Phi) is 5.46. The van der Waals surface area contributed by atoms with E-state index < -0.39 is 11.9 Å². The van der Waals surface area contributed by atoms with Gasteiger partial charge in [-0.3, -0.25) is 14.4 Å². The summed E-state index contributed by atoms with van der Waals surface area (Å²) in [4.78, 5) is 47.9. The van der Waals surface area contributed by atoms with Gasteiger partial charge in [-0.15, -0.1) is 11.3 Å². The first-order valence-electron chi connectivity index (χ1n) is 9.70. The predicted octanol–water partition coefficient (Wildman–Crippen LogP) is 2.07. The van der Waals surface area contributed by atoms with E-state index in [-0.39, 0.29) is 17.2 Å². The molecule has 1 aliphatic carbocycles. The van der Waals surface area contributed by atoms with Gasteiger partial charge >= 0.3 is 0 Å². The van der Waals surface area contributed by atoms with E-state index in [0.717, 1.165) is 42.5 Å². The first-order valence-corrected chi connectivity index (χ1v) is 11.5. The van der Waals surface area contributed by atoms with E-state index in [4.69, 9.17) is 5.73 Å². The quantitative estimate of drug-likeness (QED) is 0.581. The molecule has 1 saturated heterocycles. The Morgan fingerprint density at radius 2 is 2.18 bits per heavy atom. The van der Waals surface area contributed by atoms with Crippen molar-refractivity contribution >= 4 is 45.1 Å². The number of thiophene rings is 1. The number of fused-ring (bicyclic) bond motifs is 3. The maximum atomic E-state index is 12.6. The largest absolute Gasteiger partial charge is 0.368 e. The Morgan fingerprint density at radius 3 is 2.96 bits per heavy atom. The van der Waals surface area contributed by atoms with Gasteiger partial charge in [0.15, 0.2) is 5.16 Å². The van der Waals surface area contributed by atoms with E-state index in [2.05, 4.69) is 16.9 Å². The molecule has 1 aliphatic heterocycles. The molecular formula is C19H24N4O3S2. The van der Waals surface area contributed by atoms with Gasteiger partial charge in [0, 0.05) is 11.4 Å². The van der Waals surface area contributed by atoms with Gasteiger partial charge in [0.1, 0.15) is 10.9 Å². The van der Waals surface area contributed by atoms with Gasteiger partial charge in [0.2, 0.25) is 11.8 Å². The second-order valence-corrected chi connectivity index (χ2v) is 9.74. The van der Waals surface area contributed by atoms with Crippen molar-refractivity contribution in [3.05, 3.63) is 20.8 Å². The lowest BCUT2D eigenvalue weighted by Crippen LogP contribution is -2.51. The minimum atomic E-state index is -0.526. The van der Waals surface area contributed by atoms with Crippen molar-refractivity contribution in [2.24, 2.45) is 11.7 Å². The summed E-state index contributed by atoms with van der Waals surface area (Å²) in [5.41, 5.74) is 6.47. The Balaban J connectivity index is 1.51. The van der Waals surface area contributed by atoms with Crippen LogP contribution < -0.4 is 11.3 Å². The second-order valence-electron chi connectivity index (χ2n) is 7.69. The predicted molar refractivity (Wildman–Crippen MR) is 111 cm³/mol. The molecule has 28 heavy (non-hydrogen) atoms. The fourth-order valence-corrected chi connectivity index (χ4v) is 6.32. The van der Waals surface area contributed by atoms with Crippen LogP contribution in [0.5, 0.6) is 0 Å². The second kappa shape index (κ2) is 7.87. The van der Waals surface area contributed by atoms with Gasteiger partial charge < -0.3 is 15.6 Å². The van der Waals surface area contributed by atoms with Crippen LogP contribution in [0.25, 0.3) is 10.2 Å². The molecule has 2 aromatic heterocycles.